The highest BCUT2D eigenvalue weighted by Gasteiger charge is 2.23. The summed E-state index contributed by atoms with van der Waals surface area (Å²) in [5.41, 5.74) is 2.10. The van der Waals surface area contributed by atoms with Crippen molar-refractivity contribution in [3.8, 4) is 5.75 Å². The van der Waals surface area contributed by atoms with Crippen molar-refractivity contribution < 1.29 is 9.53 Å². The number of aromatic nitrogens is 2. The summed E-state index contributed by atoms with van der Waals surface area (Å²) in [6.07, 6.45) is 4.68. The van der Waals surface area contributed by atoms with E-state index in [4.69, 9.17) is 4.74 Å². The third kappa shape index (κ3) is 3.87. The summed E-state index contributed by atoms with van der Waals surface area (Å²) < 4.78 is 5.34. The lowest BCUT2D eigenvalue weighted by atomic mass is 9.98. The van der Waals surface area contributed by atoms with Crippen molar-refractivity contribution in [2.24, 2.45) is 0 Å². The highest BCUT2D eigenvalue weighted by atomic mass is 16.5. The molecule has 2 heterocycles. The second kappa shape index (κ2) is 7.66. The number of rotatable bonds is 6. The van der Waals surface area contributed by atoms with Gasteiger partial charge < -0.3 is 10.1 Å². The van der Waals surface area contributed by atoms with E-state index >= 15 is 0 Å². The van der Waals surface area contributed by atoms with Crippen LogP contribution in [-0.4, -0.2) is 47.2 Å². The first-order chi connectivity index (χ1) is 11.7. The fourth-order valence-corrected chi connectivity index (χ4v) is 3.50. The Kier molecular flexibility index (Phi) is 5.35. The molecule has 24 heavy (non-hydrogen) atoms. The van der Waals surface area contributed by atoms with E-state index in [0.29, 0.717) is 6.04 Å². The third-order valence-electron chi connectivity index (χ3n) is 4.80. The molecule has 2 N–H and O–H groups in total. The largest absolute Gasteiger partial charge is 0.497 e. The van der Waals surface area contributed by atoms with E-state index in [1.54, 1.807) is 14.0 Å². The van der Waals surface area contributed by atoms with Gasteiger partial charge in [0.15, 0.2) is 0 Å². The number of fused-ring (bicyclic) bond motifs is 1. The van der Waals surface area contributed by atoms with Crippen LogP contribution in [0.4, 0.5) is 0 Å². The first-order valence-corrected chi connectivity index (χ1v) is 8.67. The van der Waals surface area contributed by atoms with Gasteiger partial charge in [0.1, 0.15) is 5.75 Å². The number of hydrogen-bond acceptors (Lipinski definition) is 4. The number of likely N-dealkylation sites (tertiary alicyclic amines) is 1. The zero-order valence-electron chi connectivity index (χ0n) is 14.5. The van der Waals surface area contributed by atoms with Crippen LogP contribution in [0.5, 0.6) is 5.75 Å². The Morgan fingerprint density at radius 1 is 1.46 bits per heavy atom. The number of carbonyl (C=O) groups excluding carboxylic acids is 1. The average molecular weight is 330 g/mol. The molecule has 0 spiro atoms. The Bertz CT molecular complexity index is 697. The van der Waals surface area contributed by atoms with Crippen LogP contribution in [0.25, 0.3) is 10.9 Å². The van der Waals surface area contributed by atoms with Gasteiger partial charge in [0, 0.05) is 31.4 Å². The fourth-order valence-electron chi connectivity index (χ4n) is 3.50. The van der Waals surface area contributed by atoms with Crippen molar-refractivity contribution in [2.45, 2.75) is 45.2 Å². The standard InChI is InChI=1S/C18H26N4O2/c1-13(23)19-9-8-14-5-3-4-10-22(14)12-18-16-11-15(24-2)6-7-17(16)20-21-18/h6-7,11,14H,3-5,8-10,12H2,1-2H3,(H,19,23)(H,20,21). The zero-order chi connectivity index (χ0) is 16.9. The van der Waals surface area contributed by atoms with Crippen LogP contribution in [0.1, 0.15) is 38.3 Å². The SMILES string of the molecule is COc1ccc2n[nH]c(CN3CCCCC3CCNC(C)=O)c2c1. The quantitative estimate of drug-likeness (QED) is 0.853. The summed E-state index contributed by atoms with van der Waals surface area (Å²) in [5.74, 6) is 0.898. The second-order valence-corrected chi connectivity index (χ2v) is 6.48. The molecule has 1 atom stereocenters. The molecule has 1 saturated heterocycles. The smallest absolute Gasteiger partial charge is 0.216 e. The number of piperidine rings is 1. The number of H-pyrrole nitrogens is 1. The summed E-state index contributed by atoms with van der Waals surface area (Å²) in [5, 5.41) is 11.6. The van der Waals surface area contributed by atoms with Crippen molar-refractivity contribution in [2.75, 3.05) is 20.2 Å². The third-order valence-corrected chi connectivity index (χ3v) is 4.80. The van der Waals surface area contributed by atoms with Crippen LogP contribution in [0, 0.1) is 0 Å². The second-order valence-electron chi connectivity index (χ2n) is 6.48. The van der Waals surface area contributed by atoms with Gasteiger partial charge in [0.2, 0.25) is 5.91 Å². The molecule has 0 aliphatic carbocycles. The van der Waals surface area contributed by atoms with Gasteiger partial charge in [-0.15, -0.1) is 0 Å². The van der Waals surface area contributed by atoms with Crippen molar-refractivity contribution >= 4 is 16.8 Å². The molecule has 6 heteroatoms. The molecule has 1 aliphatic heterocycles. The van der Waals surface area contributed by atoms with Crippen LogP contribution in [0.15, 0.2) is 18.2 Å². The molecule has 0 radical (unpaired) electrons. The summed E-state index contributed by atoms with van der Waals surface area (Å²) in [6.45, 7) is 4.26. The maximum Gasteiger partial charge on any atom is 0.216 e. The summed E-state index contributed by atoms with van der Waals surface area (Å²) in [7, 11) is 1.68. The van der Waals surface area contributed by atoms with Gasteiger partial charge in [-0.25, -0.2) is 0 Å². The molecule has 0 bridgehead atoms. The maximum atomic E-state index is 11.1. The Morgan fingerprint density at radius 3 is 3.12 bits per heavy atom. The molecule has 1 unspecified atom stereocenters. The molecule has 1 amide bonds. The number of benzene rings is 1. The Morgan fingerprint density at radius 2 is 2.33 bits per heavy atom. The maximum absolute atomic E-state index is 11.1. The van der Waals surface area contributed by atoms with E-state index in [2.05, 4.69) is 20.4 Å². The van der Waals surface area contributed by atoms with Crippen molar-refractivity contribution in [3.05, 3.63) is 23.9 Å². The topological polar surface area (TPSA) is 70.2 Å². The number of methoxy groups -OCH3 is 1. The first-order valence-electron chi connectivity index (χ1n) is 8.67. The molecule has 1 aromatic carbocycles. The van der Waals surface area contributed by atoms with E-state index in [1.165, 1.54) is 19.3 Å². The zero-order valence-corrected chi connectivity index (χ0v) is 14.5. The number of amides is 1. The minimum atomic E-state index is 0.0454. The lowest BCUT2D eigenvalue weighted by Gasteiger charge is -2.35. The minimum absolute atomic E-state index is 0.0454. The fraction of sp³-hybridized carbons (Fsp3) is 0.556. The van der Waals surface area contributed by atoms with Gasteiger partial charge in [0.05, 0.1) is 18.3 Å². The predicted molar refractivity (Wildman–Crippen MR) is 94.0 cm³/mol. The average Bonchev–Trinajstić information content (AvgIpc) is 2.98. The predicted octanol–water partition coefficient (Wildman–Crippen LogP) is 2.45. The molecule has 1 aliphatic rings. The van der Waals surface area contributed by atoms with Gasteiger partial charge in [-0.1, -0.05) is 6.42 Å². The highest BCUT2D eigenvalue weighted by Crippen LogP contribution is 2.26. The van der Waals surface area contributed by atoms with Crippen LogP contribution in [0.2, 0.25) is 0 Å². The van der Waals surface area contributed by atoms with Crippen LogP contribution in [-0.2, 0) is 11.3 Å². The van der Waals surface area contributed by atoms with Gasteiger partial charge in [0.25, 0.3) is 0 Å². The van der Waals surface area contributed by atoms with Crippen molar-refractivity contribution in [1.29, 1.82) is 0 Å². The van der Waals surface area contributed by atoms with Crippen LogP contribution < -0.4 is 10.1 Å². The number of aromatic amines is 1. The Balaban J connectivity index is 1.71. The van der Waals surface area contributed by atoms with Gasteiger partial charge in [-0.05, 0) is 44.0 Å². The molecule has 1 aromatic heterocycles. The molecular formula is C18H26N4O2. The number of ether oxygens (including phenoxy) is 1. The van der Waals surface area contributed by atoms with Gasteiger partial charge in [-0.3, -0.25) is 14.8 Å². The van der Waals surface area contributed by atoms with Crippen molar-refractivity contribution in [1.82, 2.24) is 20.4 Å². The van der Waals surface area contributed by atoms with E-state index in [1.807, 2.05) is 18.2 Å². The van der Waals surface area contributed by atoms with E-state index in [9.17, 15) is 4.79 Å². The van der Waals surface area contributed by atoms with E-state index in [-0.39, 0.29) is 5.91 Å². The molecule has 130 valence electrons. The molecular weight excluding hydrogens is 304 g/mol. The van der Waals surface area contributed by atoms with Gasteiger partial charge in [-0.2, -0.15) is 5.10 Å². The lowest BCUT2D eigenvalue weighted by molar-refractivity contribution is -0.119. The van der Waals surface area contributed by atoms with Crippen molar-refractivity contribution in [3.63, 3.8) is 0 Å². The number of carbonyl (C=O) groups is 1. The molecule has 1 fully saturated rings. The monoisotopic (exact) mass is 330 g/mol. The Hall–Kier alpha value is -2.08. The first kappa shape index (κ1) is 16.8. The lowest BCUT2D eigenvalue weighted by Crippen LogP contribution is -2.41. The summed E-state index contributed by atoms with van der Waals surface area (Å²) in [6, 6.07) is 6.47. The van der Waals surface area contributed by atoms with Crippen LogP contribution >= 0.6 is 0 Å². The minimum Gasteiger partial charge on any atom is -0.497 e. The van der Waals surface area contributed by atoms with Gasteiger partial charge >= 0.3 is 0 Å². The number of hydrogen-bond donors (Lipinski definition) is 2. The summed E-state index contributed by atoms with van der Waals surface area (Å²) >= 11 is 0. The molecule has 2 aromatic rings. The van der Waals surface area contributed by atoms with E-state index in [0.717, 1.165) is 48.4 Å². The molecule has 6 nitrogen and oxygen atoms in total. The van der Waals surface area contributed by atoms with Crippen LogP contribution in [0.3, 0.4) is 0 Å². The Labute approximate surface area is 142 Å². The molecule has 3 rings (SSSR count). The number of nitrogens with one attached hydrogen (secondary N) is 2. The van der Waals surface area contributed by atoms with E-state index < -0.39 is 0 Å². The molecule has 0 saturated carbocycles. The highest BCUT2D eigenvalue weighted by molar-refractivity contribution is 5.82. The normalized spacial score (nSPS) is 18.7. The summed E-state index contributed by atoms with van der Waals surface area (Å²) in [4.78, 5) is 13.6. The number of nitrogens with zero attached hydrogens (tertiary/aromatic N) is 2.